The van der Waals surface area contributed by atoms with E-state index in [2.05, 4.69) is 0 Å². The second kappa shape index (κ2) is 5.15. The van der Waals surface area contributed by atoms with Crippen LogP contribution < -0.4 is 5.73 Å². The highest BCUT2D eigenvalue weighted by Crippen LogP contribution is 2.18. The fourth-order valence-electron chi connectivity index (χ4n) is 1.02. The van der Waals surface area contributed by atoms with E-state index in [0.717, 1.165) is 0 Å². The molecule has 0 saturated heterocycles. The van der Waals surface area contributed by atoms with Crippen molar-refractivity contribution in [2.24, 2.45) is 11.1 Å². The van der Waals surface area contributed by atoms with E-state index < -0.39 is 6.23 Å². The van der Waals surface area contributed by atoms with Crippen LogP contribution in [0.2, 0.25) is 0 Å². The molecular weight excluding hydrogens is 178 g/mol. The Morgan fingerprint density at radius 3 is 2.36 bits per heavy atom. The van der Waals surface area contributed by atoms with Crippen LogP contribution in [0, 0.1) is 5.41 Å². The molecule has 1 atom stereocenters. The fraction of sp³-hybridized carbons (Fsp3) is 0.727. The molecule has 3 nitrogen and oxygen atoms in total. The molecule has 0 radical (unpaired) electrons. The first-order chi connectivity index (χ1) is 6.26. The molecule has 0 aromatic heterocycles. The van der Waals surface area contributed by atoms with Gasteiger partial charge in [0, 0.05) is 5.57 Å². The van der Waals surface area contributed by atoms with Crippen molar-refractivity contribution < 1.29 is 9.53 Å². The second-order valence-electron chi connectivity index (χ2n) is 4.55. The Morgan fingerprint density at radius 1 is 1.50 bits per heavy atom. The lowest BCUT2D eigenvalue weighted by Crippen LogP contribution is -2.26. The van der Waals surface area contributed by atoms with Crippen LogP contribution >= 0.6 is 0 Å². The highest BCUT2D eigenvalue weighted by molar-refractivity contribution is 5.87. The van der Waals surface area contributed by atoms with E-state index in [4.69, 9.17) is 10.5 Å². The van der Waals surface area contributed by atoms with Gasteiger partial charge in [-0.15, -0.1) is 0 Å². The third-order valence-electron chi connectivity index (χ3n) is 1.63. The van der Waals surface area contributed by atoms with Crippen molar-refractivity contribution in [2.45, 2.75) is 47.3 Å². The summed E-state index contributed by atoms with van der Waals surface area (Å²) in [5, 5.41) is 0. The number of ether oxygens (including phenoxy) is 1. The second-order valence-corrected chi connectivity index (χ2v) is 4.55. The summed E-state index contributed by atoms with van der Waals surface area (Å²) in [5.41, 5.74) is 6.10. The summed E-state index contributed by atoms with van der Waals surface area (Å²) in [6.45, 7) is 9.72. The topological polar surface area (TPSA) is 52.3 Å². The van der Waals surface area contributed by atoms with Gasteiger partial charge < -0.3 is 4.74 Å². The molecule has 0 spiro atoms. The Balaban J connectivity index is 4.33. The number of rotatable bonds is 3. The summed E-state index contributed by atoms with van der Waals surface area (Å²) >= 11 is 0. The number of hydrogen-bond acceptors (Lipinski definition) is 3. The molecule has 0 aromatic carbocycles. The Morgan fingerprint density at radius 2 is 2.00 bits per heavy atom. The minimum Gasteiger partial charge on any atom is -0.443 e. The molecule has 0 aliphatic rings. The summed E-state index contributed by atoms with van der Waals surface area (Å²) in [4.78, 5) is 11.4. The maximum atomic E-state index is 11.4. The molecule has 0 amide bonds. The minimum absolute atomic E-state index is 0.0145. The fourth-order valence-corrected chi connectivity index (χ4v) is 1.02. The summed E-state index contributed by atoms with van der Waals surface area (Å²) in [5.74, 6) is -0.325. The first kappa shape index (κ1) is 13.2. The lowest BCUT2D eigenvalue weighted by Gasteiger charge is -2.15. The molecule has 14 heavy (non-hydrogen) atoms. The lowest BCUT2D eigenvalue weighted by atomic mass is 9.94. The SMILES string of the molecule is CCC(N)OC(=O)/C(C)=C/C(C)(C)C. The van der Waals surface area contributed by atoms with Crippen LogP contribution in [0.5, 0.6) is 0 Å². The van der Waals surface area contributed by atoms with Crippen molar-refractivity contribution in [3.05, 3.63) is 11.6 Å². The summed E-state index contributed by atoms with van der Waals surface area (Å²) in [7, 11) is 0. The third-order valence-corrected chi connectivity index (χ3v) is 1.63. The van der Waals surface area contributed by atoms with Gasteiger partial charge in [-0.05, 0) is 18.8 Å². The van der Waals surface area contributed by atoms with Crippen LogP contribution in [-0.4, -0.2) is 12.2 Å². The molecule has 82 valence electrons. The van der Waals surface area contributed by atoms with Crippen molar-refractivity contribution in [1.82, 2.24) is 0 Å². The summed E-state index contributed by atoms with van der Waals surface area (Å²) in [6.07, 6.45) is 2.03. The number of carbonyl (C=O) groups is 1. The van der Waals surface area contributed by atoms with Gasteiger partial charge in [0.05, 0.1) is 0 Å². The molecule has 0 bridgehead atoms. The molecule has 0 fully saturated rings. The first-order valence-electron chi connectivity index (χ1n) is 4.92. The van der Waals surface area contributed by atoms with Gasteiger partial charge in [-0.25, -0.2) is 4.79 Å². The average molecular weight is 199 g/mol. The summed E-state index contributed by atoms with van der Waals surface area (Å²) < 4.78 is 4.98. The van der Waals surface area contributed by atoms with Crippen LogP contribution in [0.15, 0.2) is 11.6 Å². The zero-order chi connectivity index (χ0) is 11.4. The van der Waals surface area contributed by atoms with Gasteiger partial charge >= 0.3 is 5.97 Å². The largest absolute Gasteiger partial charge is 0.443 e. The molecule has 0 saturated carbocycles. The monoisotopic (exact) mass is 199 g/mol. The summed E-state index contributed by atoms with van der Waals surface area (Å²) in [6, 6.07) is 0. The van der Waals surface area contributed by atoms with E-state index in [1.54, 1.807) is 6.92 Å². The zero-order valence-electron chi connectivity index (χ0n) is 9.76. The number of esters is 1. The number of nitrogens with two attached hydrogens (primary N) is 1. The lowest BCUT2D eigenvalue weighted by molar-refractivity contribution is -0.144. The van der Waals surface area contributed by atoms with Gasteiger partial charge in [0.25, 0.3) is 0 Å². The highest BCUT2D eigenvalue weighted by Gasteiger charge is 2.13. The molecule has 0 aliphatic heterocycles. The molecule has 0 rings (SSSR count). The number of carbonyl (C=O) groups excluding carboxylic acids is 1. The molecular formula is C11H21NO2. The third kappa shape index (κ3) is 5.75. The molecule has 0 aromatic rings. The molecule has 2 N–H and O–H groups in total. The smallest absolute Gasteiger partial charge is 0.334 e. The van der Waals surface area contributed by atoms with Crippen molar-refractivity contribution >= 4 is 5.97 Å². The van der Waals surface area contributed by atoms with Gasteiger partial charge in [0.1, 0.15) is 0 Å². The van der Waals surface area contributed by atoms with Crippen LogP contribution in [0.25, 0.3) is 0 Å². The van der Waals surface area contributed by atoms with Gasteiger partial charge in [0.15, 0.2) is 6.23 Å². The van der Waals surface area contributed by atoms with Gasteiger partial charge in [-0.3, -0.25) is 5.73 Å². The Labute approximate surface area is 86.3 Å². The normalized spacial score (nSPS) is 15.1. The molecule has 0 heterocycles. The maximum absolute atomic E-state index is 11.4. The Bertz CT molecular complexity index is 226. The number of allylic oxidation sites excluding steroid dienone is 1. The Kier molecular flexibility index (Phi) is 4.85. The van der Waals surface area contributed by atoms with E-state index in [-0.39, 0.29) is 11.4 Å². The number of hydrogen-bond donors (Lipinski definition) is 1. The molecule has 1 unspecified atom stereocenters. The minimum atomic E-state index is -0.495. The van der Waals surface area contributed by atoms with E-state index >= 15 is 0 Å². The van der Waals surface area contributed by atoms with Crippen molar-refractivity contribution in [1.29, 1.82) is 0 Å². The van der Waals surface area contributed by atoms with Crippen LogP contribution in [0.3, 0.4) is 0 Å². The first-order valence-corrected chi connectivity index (χ1v) is 4.92. The van der Waals surface area contributed by atoms with Crippen molar-refractivity contribution in [2.75, 3.05) is 0 Å². The standard InChI is InChI=1S/C11H21NO2/c1-6-9(12)14-10(13)8(2)7-11(3,4)5/h7,9H,6,12H2,1-5H3/b8-7+. The van der Waals surface area contributed by atoms with Crippen molar-refractivity contribution in [3.8, 4) is 0 Å². The zero-order valence-corrected chi connectivity index (χ0v) is 9.76. The van der Waals surface area contributed by atoms with Crippen LogP contribution in [0.1, 0.15) is 41.0 Å². The van der Waals surface area contributed by atoms with Crippen molar-refractivity contribution in [3.63, 3.8) is 0 Å². The van der Waals surface area contributed by atoms with E-state index in [1.165, 1.54) is 0 Å². The predicted molar refractivity (Wildman–Crippen MR) is 57.6 cm³/mol. The van der Waals surface area contributed by atoms with Crippen LogP contribution in [0.4, 0.5) is 0 Å². The Hall–Kier alpha value is -0.830. The highest BCUT2D eigenvalue weighted by atomic mass is 16.6. The maximum Gasteiger partial charge on any atom is 0.334 e. The molecule has 0 aliphatic carbocycles. The van der Waals surface area contributed by atoms with Gasteiger partial charge in [-0.1, -0.05) is 33.8 Å². The van der Waals surface area contributed by atoms with Gasteiger partial charge in [0.2, 0.25) is 0 Å². The van der Waals surface area contributed by atoms with E-state index in [1.807, 2.05) is 33.8 Å². The van der Waals surface area contributed by atoms with E-state index in [0.29, 0.717) is 12.0 Å². The van der Waals surface area contributed by atoms with Crippen LogP contribution in [-0.2, 0) is 9.53 Å². The average Bonchev–Trinajstić information content (AvgIpc) is 2.00. The molecule has 3 heteroatoms. The predicted octanol–water partition coefficient (Wildman–Crippen LogP) is 2.22. The van der Waals surface area contributed by atoms with Gasteiger partial charge in [-0.2, -0.15) is 0 Å². The van der Waals surface area contributed by atoms with E-state index in [9.17, 15) is 4.79 Å². The quantitative estimate of drug-likeness (QED) is 0.431.